The van der Waals surface area contributed by atoms with Gasteiger partial charge in [-0.15, -0.1) is 0 Å². The normalized spacial score (nSPS) is 13.6. The molecular formula is C13H19Cl5O4. The molecule has 4 nitrogen and oxygen atoms in total. The van der Waals surface area contributed by atoms with Crippen molar-refractivity contribution in [2.75, 3.05) is 6.61 Å². The summed E-state index contributed by atoms with van der Waals surface area (Å²) in [6, 6.07) is 0. The molecule has 1 unspecified atom stereocenters. The second-order valence-electron chi connectivity index (χ2n) is 4.57. The first-order valence-electron chi connectivity index (χ1n) is 6.88. The van der Waals surface area contributed by atoms with Gasteiger partial charge in [-0.3, -0.25) is 4.79 Å². The third-order valence-corrected chi connectivity index (χ3v) is 3.96. The van der Waals surface area contributed by atoms with Crippen molar-refractivity contribution in [3.8, 4) is 0 Å². The van der Waals surface area contributed by atoms with Gasteiger partial charge in [-0.2, -0.15) is 0 Å². The molecule has 0 radical (unpaired) electrons. The highest BCUT2D eigenvalue weighted by molar-refractivity contribution is 6.70. The van der Waals surface area contributed by atoms with Crippen LogP contribution in [0.2, 0.25) is 0 Å². The van der Waals surface area contributed by atoms with Crippen molar-refractivity contribution in [3.05, 3.63) is 0 Å². The summed E-state index contributed by atoms with van der Waals surface area (Å²) < 4.78 is 5.23. The van der Waals surface area contributed by atoms with Crippen molar-refractivity contribution in [1.29, 1.82) is 0 Å². The van der Waals surface area contributed by atoms with Crippen LogP contribution < -0.4 is 0 Å². The van der Waals surface area contributed by atoms with E-state index in [9.17, 15) is 9.59 Å². The van der Waals surface area contributed by atoms with E-state index in [4.69, 9.17) is 67.5 Å². The molecule has 0 aromatic carbocycles. The van der Waals surface area contributed by atoms with E-state index in [2.05, 4.69) is 0 Å². The van der Waals surface area contributed by atoms with E-state index in [0.29, 0.717) is 6.42 Å². The Morgan fingerprint density at radius 2 is 1.59 bits per heavy atom. The summed E-state index contributed by atoms with van der Waals surface area (Å²) >= 11 is 29.0. The summed E-state index contributed by atoms with van der Waals surface area (Å²) in [4.78, 5) is 23.6. The average molecular weight is 417 g/mol. The van der Waals surface area contributed by atoms with Crippen molar-refractivity contribution in [1.82, 2.24) is 0 Å². The van der Waals surface area contributed by atoms with E-state index in [1.165, 1.54) is 0 Å². The van der Waals surface area contributed by atoms with E-state index in [-0.39, 0.29) is 13.0 Å². The molecule has 0 spiro atoms. The summed E-state index contributed by atoms with van der Waals surface area (Å²) in [7, 11) is 0. The SMILES string of the molecule is CCCCCCC(=O)OC(C(Cl)(Cl)Cl)C(Cl)(Cl)C(=O)OCC. The quantitative estimate of drug-likeness (QED) is 0.302. The number of ether oxygens (including phenoxy) is 2. The van der Waals surface area contributed by atoms with Crippen LogP contribution in [-0.2, 0) is 19.1 Å². The number of rotatable bonds is 9. The van der Waals surface area contributed by atoms with E-state index in [1.807, 2.05) is 6.92 Å². The molecule has 9 heteroatoms. The van der Waals surface area contributed by atoms with Crippen LogP contribution in [0, 0.1) is 0 Å². The summed E-state index contributed by atoms with van der Waals surface area (Å²) in [5, 5.41) is 0. The Labute approximate surface area is 155 Å². The van der Waals surface area contributed by atoms with Crippen molar-refractivity contribution >= 4 is 69.9 Å². The largest absolute Gasteiger partial charge is 0.464 e. The van der Waals surface area contributed by atoms with E-state index < -0.39 is 26.2 Å². The summed E-state index contributed by atoms with van der Waals surface area (Å²) in [6.07, 6.45) is 1.95. The van der Waals surface area contributed by atoms with Gasteiger partial charge in [0.05, 0.1) is 6.61 Å². The number of esters is 2. The van der Waals surface area contributed by atoms with Crippen molar-refractivity contribution in [2.45, 2.75) is 60.2 Å². The molecule has 22 heavy (non-hydrogen) atoms. The standard InChI is InChI=1S/C13H19Cl5O4/c1-3-5-6-7-8-9(19)22-10(13(16,17)18)12(14,15)11(20)21-4-2/h10H,3-8H2,1-2H3. The molecule has 0 fully saturated rings. The van der Waals surface area contributed by atoms with E-state index >= 15 is 0 Å². The first-order valence-corrected chi connectivity index (χ1v) is 8.77. The number of hydrogen-bond acceptors (Lipinski definition) is 4. The van der Waals surface area contributed by atoms with Crippen molar-refractivity contribution in [2.24, 2.45) is 0 Å². The summed E-state index contributed by atoms with van der Waals surface area (Å²) in [6.45, 7) is 3.63. The predicted octanol–water partition coefficient (Wildman–Crippen LogP) is 4.98. The monoisotopic (exact) mass is 414 g/mol. The fourth-order valence-corrected chi connectivity index (χ4v) is 3.05. The predicted molar refractivity (Wildman–Crippen MR) is 90.0 cm³/mol. The lowest BCUT2D eigenvalue weighted by Gasteiger charge is -2.32. The Kier molecular flexibility index (Phi) is 10.5. The lowest BCUT2D eigenvalue weighted by molar-refractivity contribution is -0.156. The minimum absolute atomic E-state index is 0.0254. The number of alkyl halides is 5. The molecule has 0 N–H and O–H groups in total. The molecule has 0 aromatic rings. The summed E-state index contributed by atoms with van der Waals surface area (Å²) in [5.41, 5.74) is 0. The molecule has 0 saturated heterocycles. The Morgan fingerprint density at radius 3 is 2.05 bits per heavy atom. The van der Waals surface area contributed by atoms with E-state index in [0.717, 1.165) is 19.3 Å². The highest BCUT2D eigenvalue weighted by Crippen LogP contribution is 2.43. The van der Waals surface area contributed by atoms with Crippen LogP contribution in [0.1, 0.15) is 46.0 Å². The zero-order chi connectivity index (χ0) is 17.4. The van der Waals surface area contributed by atoms with Gasteiger partial charge in [0.15, 0.2) is 6.10 Å². The van der Waals surface area contributed by atoms with Gasteiger partial charge in [-0.25, -0.2) is 4.79 Å². The lowest BCUT2D eigenvalue weighted by Crippen LogP contribution is -2.50. The molecule has 0 saturated carbocycles. The molecule has 1 atom stereocenters. The Morgan fingerprint density at radius 1 is 1.00 bits per heavy atom. The van der Waals surface area contributed by atoms with Crippen LogP contribution in [0.4, 0.5) is 0 Å². The second-order valence-corrected chi connectivity index (χ2v) is 8.32. The van der Waals surface area contributed by atoms with Crippen molar-refractivity contribution in [3.63, 3.8) is 0 Å². The minimum atomic E-state index is -2.32. The number of unbranched alkanes of at least 4 members (excludes halogenated alkanes) is 3. The number of carbonyl (C=O) groups is 2. The van der Waals surface area contributed by atoms with Gasteiger partial charge in [-0.05, 0) is 13.3 Å². The average Bonchev–Trinajstić information content (AvgIpc) is 2.39. The van der Waals surface area contributed by atoms with Gasteiger partial charge in [0.1, 0.15) is 0 Å². The number of carbonyl (C=O) groups excluding carboxylic acids is 2. The fraction of sp³-hybridized carbons (Fsp3) is 0.846. The zero-order valence-corrected chi connectivity index (χ0v) is 16.1. The van der Waals surface area contributed by atoms with Crippen LogP contribution in [0.5, 0.6) is 0 Å². The van der Waals surface area contributed by atoms with Gasteiger partial charge in [0.25, 0.3) is 4.33 Å². The van der Waals surface area contributed by atoms with Gasteiger partial charge in [0, 0.05) is 6.42 Å². The Hall–Kier alpha value is 0.390. The highest BCUT2D eigenvalue weighted by atomic mass is 35.6. The first kappa shape index (κ1) is 22.4. The first-order chi connectivity index (χ1) is 10.1. The van der Waals surface area contributed by atoms with Crippen LogP contribution in [-0.4, -0.2) is 32.8 Å². The molecular weight excluding hydrogens is 397 g/mol. The number of hydrogen-bond donors (Lipinski definition) is 0. The van der Waals surface area contributed by atoms with Crippen LogP contribution in [0.25, 0.3) is 0 Å². The topological polar surface area (TPSA) is 52.6 Å². The molecule has 0 amide bonds. The molecule has 0 rings (SSSR count). The Bertz CT molecular complexity index is 368. The van der Waals surface area contributed by atoms with Gasteiger partial charge >= 0.3 is 11.9 Å². The maximum atomic E-state index is 11.8. The van der Waals surface area contributed by atoms with Gasteiger partial charge in [0.2, 0.25) is 3.79 Å². The van der Waals surface area contributed by atoms with Gasteiger partial charge < -0.3 is 9.47 Å². The van der Waals surface area contributed by atoms with Crippen LogP contribution in [0.3, 0.4) is 0 Å². The second kappa shape index (κ2) is 10.3. The van der Waals surface area contributed by atoms with Gasteiger partial charge in [-0.1, -0.05) is 84.2 Å². The highest BCUT2D eigenvalue weighted by Gasteiger charge is 2.56. The number of halogens is 5. The molecule has 0 aliphatic heterocycles. The van der Waals surface area contributed by atoms with Crippen molar-refractivity contribution < 1.29 is 19.1 Å². The third kappa shape index (κ3) is 7.78. The maximum Gasteiger partial charge on any atom is 0.346 e. The summed E-state index contributed by atoms with van der Waals surface area (Å²) in [5.74, 6) is -1.70. The lowest BCUT2D eigenvalue weighted by atomic mass is 10.1. The molecule has 0 aromatic heterocycles. The minimum Gasteiger partial charge on any atom is -0.464 e. The fourth-order valence-electron chi connectivity index (χ4n) is 1.57. The third-order valence-electron chi connectivity index (χ3n) is 2.66. The van der Waals surface area contributed by atoms with E-state index in [1.54, 1.807) is 6.92 Å². The molecule has 0 aliphatic rings. The molecule has 0 bridgehead atoms. The molecule has 0 aliphatic carbocycles. The Balaban J connectivity index is 4.86. The molecule has 130 valence electrons. The molecule has 0 heterocycles. The van der Waals surface area contributed by atoms with Crippen LogP contribution in [0.15, 0.2) is 0 Å². The smallest absolute Gasteiger partial charge is 0.346 e. The van der Waals surface area contributed by atoms with Crippen LogP contribution >= 0.6 is 58.0 Å². The maximum absolute atomic E-state index is 11.8. The zero-order valence-electron chi connectivity index (χ0n) is 12.3.